The zero-order valence-corrected chi connectivity index (χ0v) is 12.0. The van der Waals surface area contributed by atoms with Gasteiger partial charge in [-0.3, -0.25) is 4.68 Å². The summed E-state index contributed by atoms with van der Waals surface area (Å²) in [6.07, 6.45) is 8.79. The van der Waals surface area contributed by atoms with Crippen LogP contribution in [0.1, 0.15) is 26.1 Å². The summed E-state index contributed by atoms with van der Waals surface area (Å²) in [4.78, 5) is 8.54. The van der Waals surface area contributed by atoms with E-state index in [1.54, 1.807) is 4.52 Å². The lowest BCUT2D eigenvalue weighted by molar-refractivity contribution is 0.487. The van der Waals surface area contributed by atoms with Crippen molar-refractivity contribution in [1.82, 2.24) is 29.4 Å². The van der Waals surface area contributed by atoms with Crippen molar-refractivity contribution in [2.75, 3.05) is 0 Å². The molecule has 0 aliphatic heterocycles. The molecule has 0 atom stereocenters. The summed E-state index contributed by atoms with van der Waals surface area (Å²) in [6, 6.07) is 0. The SMILES string of the molecule is Cc1nc2ncc(-c3cnn(CCC(C)C)c3)cn2n1. The van der Waals surface area contributed by atoms with Gasteiger partial charge in [-0.25, -0.2) is 9.50 Å². The number of hydrogen-bond donors (Lipinski definition) is 0. The molecule has 6 nitrogen and oxygen atoms in total. The number of fused-ring (bicyclic) bond motifs is 1. The maximum absolute atomic E-state index is 4.39. The first kappa shape index (κ1) is 12.8. The fourth-order valence-corrected chi connectivity index (χ4v) is 2.06. The minimum Gasteiger partial charge on any atom is -0.272 e. The van der Waals surface area contributed by atoms with Gasteiger partial charge in [-0.2, -0.15) is 15.2 Å². The Hall–Kier alpha value is -2.24. The molecular weight excluding hydrogens is 252 g/mol. The molecule has 0 spiro atoms. The summed E-state index contributed by atoms with van der Waals surface area (Å²) in [5.41, 5.74) is 2.05. The number of rotatable bonds is 4. The fraction of sp³-hybridized carbons (Fsp3) is 0.429. The summed E-state index contributed by atoms with van der Waals surface area (Å²) in [5.74, 6) is 2.03. The van der Waals surface area contributed by atoms with Crippen LogP contribution in [0.4, 0.5) is 0 Å². The monoisotopic (exact) mass is 270 g/mol. The molecule has 0 amide bonds. The molecule has 3 rings (SSSR count). The highest BCUT2D eigenvalue weighted by Crippen LogP contribution is 2.18. The van der Waals surface area contributed by atoms with Crippen LogP contribution in [-0.4, -0.2) is 29.4 Å². The van der Waals surface area contributed by atoms with Crippen molar-refractivity contribution in [2.24, 2.45) is 5.92 Å². The number of nitrogens with zero attached hydrogens (tertiary/aromatic N) is 6. The lowest BCUT2D eigenvalue weighted by atomic mass is 10.1. The van der Waals surface area contributed by atoms with Crippen LogP contribution in [0.25, 0.3) is 16.9 Å². The predicted molar refractivity (Wildman–Crippen MR) is 76.2 cm³/mol. The topological polar surface area (TPSA) is 60.9 Å². The Kier molecular flexibility index (Phi) is 3.22. The summed E-state index contributed by atoms with van der Waals surface area (Å²) < 4.78 is 3.68. The average molecular weight is 270 g/mol. The molecule has 0 bridgehead atoms. The van der Waals surface area contributed by atoms with Gasteiger partial charge in [0.2, 0.25) is 0 Å². The summed E-state index contributed by atoms with van der Waals surface area (Å²) in [6.45, 7) is 7.23. The summed E-state index contributed by atoms with van der Waals surface area (Å²) in [7, 11) is 0. The molecule has 3 heterocycles. The largest absolute Gasteiger partial charge is 0.272 e. The van der Waals surface area contributed by atoms with Gasteiger partial charge in [-0.1, -0.05) is 13.8 Å². The van der Waals surface area contributed by atoms with Crippen LogP contribution in [0.5, 0.6) is 0 Å². The minimum absolute atomic E-state index is 0.624. The molecule has 0 radical (unpaired) electrons. The molecule has 3 aromatic rings. The lowest BCUT2D eigenvalue weighted by Crippen LogP contribution is -2.01. The second-order valence-electron chi connectivity index (χ2n) is 5.42. The number of aromatic nitrogens is 6. The Balaban J connectivity index is 1.86. The van der Waals surface area contributed by atoms with E-state index in [0.29, 0.717) is 11.7 Å². The Bertz CT molecular complexity index is 724. The standard InChI is InChI=1S/C14H18N6/c1-10(2)4-5-19-8-13(7-16-19)12-6-15-14-17-11(3)18-20(14)9-12/h6-10H,4-5H2,1-3H3. The fourth-order valence-electron chi connectivity index (χ4n) is 2.06. The molecule has 3 aromatic heterocycles. The molecule has 0 saturated heterocycles. The third-order valence-corrected chi connectivity index (χ3v) is 3.20. The van der Waals surface area contributed by atoms with Gasteiger partial charge in [0.15, 0.2) is 0 Å². The van der Waals surface area contributed by atoms with Crippen LogP contribution >= 0.6 is 0 Å². The van der Waals surface area contributed by atoms with Gasteiger partial charge >= 0.3 is 0 Å². The first-order chi connectivity index (χ1) is 9.61. The molecule has 104 valence electrons. The first-order valence-corrected chi connectivity index (χ1v) is 6.83. The van der Waals surface area contributed by atoms with E-state index in [4.69, 9.17) is 0 Å². The summed E-state index contributed by atoms with van der Waals surface area (Å²) >= 11 is 0. The Labute approximate surface area is 117 Å². The van der Waals surface area contributed by atoms with Crippen LogP contribution in [-0.2, 0) is 6.54 Å². The quantitative estimate of drug-likeness (QED) is 0.730. The van der Waals surface area contributed by atoms with Crippen molar-refractivity contribution in [3.63, 3.8) is 0 Å². The third kappa shape index (κ3) is 2.54. The molecule has 6 heteroatoms. The predicted octanol–water partition coefficient (Wildman–Crippen LogP) is 2.34. The van der Waals surface area contributed by atoms with Crippen molar-refractivity contribution in [3.05, 3.63) is 30.6 Å². The van der Waals surface area contributed by atoms with Crippen LogP contribution < -0.4 is 0 Å². The highest BCUT2D eigenvalue weighted by atomic mass is 15.3. The van der Waals surface area contributed by atoms with Crippen molar-refractivity contribution < 1.29 is 0 Å². The molecule has 0 saturated carbocycles. The van der Waals surface area contributed by atoms with Gasteiger partial charge in [0, 0.05) is 36.3 Å². The molecule has 20 heavy (non-hydrogen) atoms. The van der Waals surface area contributed by atoms with Gasteiger partial charge < -0.3 is 0 Å². The van der Waals surface area contributed by atoms with Crippen LogP contribution in [0.15, 0.2) is 24.8 Å². The second kappa shape index (κ2) is 5.03. The summed E-state index contributed by atoms with van der Waals surface area (Å²) in [5, 5.41) is 8.67. The third-order valence-electron chi connectivity index (χ3n) is 3.20. The van der Waals surface area contributed by atoms with E-state index in [2.05, 4.69) is 40.2 Å². The van der Waals surface area contributed by atoms with E-state index in [1.165, 1.54) is 0 Å². The van der Waals surface area contributed by atoms with E-state index < -0.39 is 0 Å². The van der Waals surface area contributed by atoms with Gasteiger partial charge in [0.25, 0.3) is 5.78 Å². The first-order valence-electron chi connectivity index (χ1n) is 6.83. The molecule has 0 aliphatic rings. The van der Waals surface area contributed by atoms with Crippen LogP contribution in [0.2, 0.25) is 0 Å². The van der Waals surface area contributed by atoms with Gasteiger partial charge in [-0.05, 0) is 19.3 Å². The normalized spacial score (nSPS) is 11.6. The smallest absolute Gasteiger partial charge is 0.252 e. The van der Waals surface area contributed by atoms with Crippen molar-refractivity contribution in [2.45, 2.75) is 33.7 Å². The zero-order chi connectivity index (χ0) is 14.1. The Morgan fingerprint density at radius 3 is 2.75 bits per heavy atom. The van der Waals surface area contributed by atoms with E-state index in [9.17, 15) is 0 Å². The van der Waals surface area contributed by atoms with E-state index >= 15 is 0 Å². The maximum atomic E-state index is 4.39. The van der Waals surface area contributed by atoms with Crippen LogP contribution in [0, 0.1) is 12.8 Å². The molecule has 0 aliphatic carbocycles. The molecule has 0 aromatic carbocycles. The van der Waals surface area contributed by atoms with Crippen molar-refractivity contribution in [3.8, 4) is 11.1 Å². The van der Waals surface area contributed by atoms with Crippen LogP contribution in [0.3, 0.4) is 0 Å². The van der Waals surface area contributed by atoms with E-state index in [1.807, 2.05) is 30.2 Å². The number of hydrogen-bond acceptors (Lipinski definition) is 4. The van der Waals surface area contributed by atoms with E-state index in [-0.39, 0.29) is 0 Å². The average Bonchev–Trinajstić information content (AvgIpc) is 3.00. The lowest BCUT2D eigenvalue weighted by Gasteiger charge is -2.03. The maximum Gasteiger partial charge on any atom is 0.252 e. The van der Waals surface area contributed by atoms with Gasteiger partial charge in [0.05, 0.1) is 6.20 Å². The molecule has 0 unspecified atom stereocenters. The second-order valence-corrected chi connectivity index (χ2v) is 5.42. The zero-order valence-electron chi connectivity index (χ0n) is 12.0. The molecule has 0 fully saturated rings. The Morgan fingerprint density at radius 2 is 1.95 bits per heavy atom. The highest BCUT2D eigenvalue weighted by molar-refractivity contribution is 5.60. The Morgan fingerprint density at radius 1 is 1.15 bits per heavy atom. The van der Waals surface area contributed by atoms with Crippen molar-refractivity contribution >= 4 is 5.78 Å². The van der Waals surface area contributed by atoms with Gasteiger partial charge in [0.1, 0.15) is 5.82 Å². The minimum atomic E-state index is 0.624. The van der Waals surface area contributed by atoms with E-state index in [0.717, 1.165) is 29.9 Å². The highest BCUT2D eigenvalue weighted by Gasteiger charge is 2.06. The van der Waals surface area contributed by atoms with Crippen molar-refractivity contribution in [1.29, 1.82) is 0 Å². The molecule has 0 N–H and O–H groups in total. The van der Waals surface area contributed by atoms with Gasteiger partial charge in [-0.15, -0.1) is 0 Å². The number of aryl methyl sites for hydroxylation is 2. The molecular formula is C14H18N6.